The van der Waals surface area contributed by atoms with E-state index in [-0.39, 0.29) is 18.6 Å². The Hall–Kier alpha value is -2.08. The molecule has 1 aliphatic rings. The van der Waals surface area contributed by atoms with Crippen molar-refractivity contribution in [3.05, 3.63) is 35.9 Å². The molecule has 1 aromatic rings. The molecule has 0 spiro atoms. The second-order valence-corrected chi connectivity index (χ2v) is 5.37. The van der Waals surface area contributed by atoms with Gasteiger partial charge in [0.25, 0.3) is 0 Å². The quantitative estimate of drug-likeness (QED) is 0.787. The van der Waals surface area contributed by atoms with E-state index >= 15 is 0 Å². The van der Waals surface area contributed by atoms with E-state index in [0.29, 0.717) is 13.0 Å². The van der Waals surface area contributed by atoms with E-state index < -0.39 is 18.0 Å². The first kappa shape index (κ1) is 15.3. The van der Waals surface area contributed by atoms with Crippen molar-refractivity contribution in [2.24, 2.45) is 5.92 Å². The van der Waals surface area contributed by atoms with Gasteiger partial charge in [0.2, 0.25) is 0 Å². The fourth-order valence-electron chi connectivity index (χ4n) is 2.73. The van der Waals surface area contributed by atoms with E-state index in [0.717, 1.165) is 5.56 Å². The maximum Gasteiger partial charge on any atom is 0.407 e. The van der Waals surface area contributed by atoms with Crippen LogP contribution in [0.5, 0.6) is 0 Å². The number of piperidine rings is 1. The van der Waals surface area contributed by atoms with Crippen LogP contribution in [0.15, 0.2) is 30.3 Å². The summed E-state index contributed by atoms with van der Waals surface area (Å²) in [5.74, 6) is -1.68. The molecular weight excluding hydrogens is 272 g/mol. The third-order valence-corrected chi connectivity index (χ3v) is 3.96. The van der Waals surface area contributed by atoms with Crippen molar-refractivity contribution < 1.29 is 19.8 Å². The molecule has 0 aliphatic carbocycles. The SMILES string of the molecule is CC(N[C@@H]1CCN(C(=O)O)C[C@@H]1C(=O)O)c1ccccc1. The minimum Gasteiger partial charge on any atom is -0.481 e. The standard InChI is InChI=1S/C15H20N2O4/c1-10(11-5-3-2-4-6-11)16-13-7-8-17(15(20)21)9-12(13)14(18)19/h2-6,10,12-13,16H,7-9H2,1H3,(H,18,19)(H,20,21)/t10?,12-,13+/m0/s1. The number of hydrogen-bond acceptors (Lipinski definition) is 3. The van der Waals surface area contributed by atoms with Crippen molar-refractivity contribution in [1.82, 2.24) is 10.2 Å². The Kier molecular flexibility index (Phi) is 4.80. The Morgan fingerprint density at radius 2 is 1.95 bits per heavy atom. The van der Waals surface area contributed by atoms with E-state index in [1.807, 2.05) is 37.3 Å². The summed E-state index contributed by atoms with van der Waals surface area (Å²) in [5, 5.41) is 21.7. The molecule has 0 aromatic heterocycles. The van der Waals surface area contributed by atoms with Crippen molar-refractivity contribution in [1.29, 1.82) is 0 Å². The summed E-state index contributed by atoms with van der Waals surface area (Å²) < 4.78 is 0. The van der Waals surface area contributed by atoms with Gasteiger partial charge in [-0.15, -0.1) is 0 Å². The molecule has 1 amide bonds. The number of amides is 1. The summed E-state index contributed by atoms with van der Waals surface area (Å²) >= 11 is 0. The maximum atomic E-state index is 11.4. The number of hydrogen-bond donors (Lipinski definition) is 3. The molecular formula is C15H20N2O4. The Balaban J connectivity index is 2.04. The van der Waals surface area contributed by atoms with Crippen molar-refractivity contribution in [3.8, 4) is 0 Å². The number of rotatable bonds is 4. The molecule has 21 heavy (non-hydrogen) atoms. The second-order valence-electron chi connectivity index (χ2n) is 5.37. The van der Waals surface area contributed by atoms with Crippen LogP contribution < -0.4 is 5.32 Å². The summed E-state index contributed by atoms with van der Waals surface area (Å²) in [6.45, 7) is 2.37. The first-order valence-electron chi connectivity index (χ1n) is 7.00. The average molecular weight is 292 g/mol. The molecule has 1 saturated heterocycles. The minimum absolute atomic E-state index is 0.0226. The van der Waals surface area contributed by atoms with Crippen molar-refractivity contribution >= 4 is 12.1 Å². The van der Waals surface area contributed by atoms with Crippen molar-refractivity contribution in [3.63, 3.8) is 0 Å². The Morgan fingerprint density at radius 3 is 2.52 bits per heavy atom. The largest absolute Gasteiger partial charge is 0.481 e. The smallest absolute Gasteiger partial charge is 0.407 e. The van der Waals surface area contributed by atoms with Crippen molar-refractivity contribution in [2.75, 3.05) is 13.1 Å². The number of likely N-dealkylation sites (tertiary alicyclic amines) is 1. The van der Waals surface area contributed by atoms with Gasteiger partial charge in [0.1, 0.15) is 0 Å². The molecule has 1 unspecified atom stereocenters. The van der Waals surface area contributed by atoms with Gasteiger partial charge in [0.15, 0.2) is 0 Å². The molecule has 1 fully saturated rings. The first-order chi connectivity index (χ1) is 9.99. The van der Waals surface area contributed by atoms with Crippen LogP contribution in [0.25, 0.3) is 0 Å². The molecule has 1 heterocycles. The third-order valence-electron chi connectivity index (χ3n) is 3.96. The number of aliphatic carboxylic acids is 1. The van der Waals surface area contributed by atoms with E-state index in [4.69, 9.17) is 5.11 Å². The van der Waals surface area contributed by atoms with Gasteiger partial charge < -0.3 is 20.4 Å². The molecule has 6 heteroatoms. The molecule has 3 atom stereocenters. The normalized spacial score (nSPS) is 23.6. The molecule has 0 bridgehead atoms. The van der Waals surface area contributed by atoms with E-state index in [1.54, 1.807) is 0 Å². The predicted octanol–water partition coefficient (Wildman–Crippen LogP) is 1.79. The van der Waals surface area contributed by atoms with Gasteiger partial charge in [-0.2, -0.15) is 0 Å². The van der Waals surface area contributed by atoms with Gasteiger partial charge in [-0.3, -0.25) is 4.79 Å². The minimum atomic E-state index is -1.06. The van der Waals surface area contributed by atoms with Crippen LogP contribution in [0, 0.1) is 5.92 Å². The number of carboxylic acids is 1. The van der Waals surface area contributed by atoms with Crippen LogP contribution in [0.1, 0.15) is 24.9 Å². The van der Waals surface area contributed by atoms with Gasteiger partial charge in [-0.25, -0.2) is 4.79 Å². The highest BCUT2D eigenvalue weighted by atomic mass is 16.4. The summed E-state index contributed by atoms with van der Waals surface area (Å²) in [6, 6.07) is 9.58. The van der Waals surface area contributed by atoms with Crippen molar-refractivity contribution in [2.45, 2.75) is 25.4 Å². The summed E-state index contributed by atoms with van der Waals surface area (Å²) in [4.78, 5) is 23.5. The van der Waals surface area contributed by atoms with Crippen LogP contribution in [0.2, 0.25) is 0 Å². The lowest BCUT2D eigenvalue weighted by Gasteiger charge is -2.37. The fraction of sp³-hybridized carbons (Fsp3) is 0.467. The number of nitrogens with zero attached hydrogens (tertiary/aromatic N) is 1. The Labute approximate surface area is 123 Å². The van der Waals surface area contributed by atoms with Gasteiger partial charge in [-0.1, -0.05) is 30.3 Å². The molecule has 1 aromatic carbocycles. The summed E-state index contributed by atoms with van der Waals surface area (Å²) in [7, 11) is 0. The number of carboxylic acid groups (broad SMARTS) is 2. The monoisotopic (exact) mass is 292 g/mol. The van der Waals surface area contributed by atoms with Crippen LogP contribution in [-0.4, -0.2) is 46.3 Å². The highest BCUT2D eigenvalue weighted by Gasteiger charge is 2.36. The van der Waals surface area contributed by atoms with Gasteiger partial charge in [0.05, 0.1) is 5.92 Å². The van der Waals surface area contributed by atoms with Crippen LogP contribution >= 0.6 is 0 Å². The topological polar surface area (TPSA) is 89.9 Å². The zero-order chi connectivity index (χ0) is 15.4. The summed E-state index contributed by atoms with van der Waals surface area (Å²) in [5.41, 5.74) is 1.09. The van der Waals surface area contributed by atoms with Crippen LogP contribution in [0.3, 0.4) is 0 Å². The van der Waals surface area contributed by atoms with Gasteiger partial charge in [-0.05, 0) is 18.9 Å². The lowest BCUT2D eigenvalue weighted by molar-refractivity contribution is -0.144. The molecule has 6 nitrogen and oxygen atoms in total. The van der Waals surface area contributed by atoms with E-state index in [1.165, 1.54) is 4.90 Å². The fourth-order valence-corrected chi connectivity index (χ4v) is 2.73. The predicted molar refractivity (Wildman–Crippen MR) is 77.1 cm³/mol. The molecule has 0 radical (unpaired) electrons. The second kappa shape index (κ2) is 6.58. The van der Waals surface area contributed by atoms with Gasteiger partial charge >= 0.3 is 12.1 Å². The Bertz CT molecular complexity index is 506. The molecule has 0 saturated carbocycles. The van der Waals surface area contributed by atoms with E-state index in [9.17, 15) is 14.7 Å². The number of carbonyl (C=O) groups is 2. The molecule has 1 aliphatic heterocycles. The third kappa shape index (κ3) is 3.72. The maximum absolute atomic E-state index is 11.4. The zero-order valence-electron chi connectivity index (χ0n) is 11.9. The molecule has 114 valence electrons. The Morgan fingerprint density at radius 1 is 1.29 bits per heavy atom. The number of nitrogens with one attached hydrogen (secondary N) is 1. The van der Waals surface area contributed by atoms with E-state index in [2.05, 4.69) is 5.32 Å². The first-order valence-corrected chi connectivity index (χ1v) is 7.00. The highest BCUT2D eigenvalue weighted by molar-refractivity contribution is 5.73. The average Bonchev–Trinajstić information content (AvgIpc) is 2.48. The lowest BCUT2D eigenvalue weighted by atomic mass is 9.91. The van der Waals surface area contributed by atoms with Crippen LogP contribution in [-0.2, 0) is 4.79 Å². The van der Waals surface area contributed by atoms with Gasteiger partial charge in [0, 0.05) is 25.2 Å². The molecule has 2 rings (SSSR count). The summed E-state index contributed by atoms with van der Waals surface area (Å²) in [6.07, 6.45) is -0.559. The number of benzene rings is 1. The molecule has 3 N–H and O–H groups in total. The zero-order valence-corrected chi connectivity index (χ0v) is 11.9. The van der Waals surface area contributed by atoms with Crippen LogP contribution in [0.4, 0.5) is 4.79 Å². The lowest BCUT2D eigenvalue weighted by Crippen LogP contribution is -2.53. The highest BCUT2D eigenvalue weighted by Crippen LogP contribution is 2.22.